The number of likely N-dealkylation sites (N-methyl/N-ethyl adjacent to an activating group) is 1. The van der Waals surface area contributed by atoms with E-state index in [0.717, 1.165) is 0 Å². The van der Waals surface area contributed by atoms with E-state index in [9.17, 15) is 29.4 Å². The van der Waals surface area contributed by atoms with Gasteiger partial charge in [0.25, 0.3) is 5.97 Å². The quantitative estimate of drug-likeness (QED) is 0.358. The molecule has 2 fully saturated rings. The molecule has 3 atom stereocenters. The summed E-state index contributed by atoms with van der Waals surface area (Å²) in [6, 6.07) is 0. The van der Waals surface area contributed by atoms with Gasteiger partial charge in [-0.25, -0.2) is 4.79 Å². The normalized spacial score (nSPS) is 30.9. The van der Waals surface area contributed by atoms with Gasteiger partial charge in [-0.3, -0.25) is 14.4 Å². The molecular formula is C16H25BN2O9. The van der Waals surface area contributed by atoms with Crippen LogP contribution in [0.1, 0.15) is 32.6 Å². The van der Waals surface area contributed by atoms with Crippen molar-refractivity contribution in [2.45, 2.75) is 50.1 Å². The lowest BCUT2D eigenvalue weighted by atomic mass is 9.75. The van der Waals surface area contributed by atoms with E-state index in [4.69, 9.17) is 20.1 Å². The second-order valence-electron chi connectivity index (χ2n) is 7.39. The lowest BCUT2D eigenvalue weighted by Gasteiger charge is -2.35. The molecule has 0 spiro atoms. The smallest absolute Gasteiger partial charge is 0.509 e. The Morgan fingerprint density at radius 3 is 2.50 bits per heavy atom. The van der Waals surface area contributed by atoms with Gasteiger partial charge in [0.1, 0.15) is 5.54 Å². The topological polar surface area (TPSA) is 177 Å². The van der Waals surface area contributed by atoms with Gasteiger partial charge in [-0.2, -0.15) is 0 Å². The Kier molecular flexibility index (Phi) is 6.68. The number of nitrogens with two attached hydrogens (primary N) is 1. The third-order valence-corrected chi connectivity index (χ3v) is 5.41. The van der Waals surface area contributed by atoms with Gasteiger partial charge in [-0.1, -0.05) is 13.3 Å². The van der Waals surface area contributed by atoms with Crippen molar-refractivity contribution in [1.29, 1.82) is 0 Å². The lowest BCUT2D eigenvalue weighted by Crippen LogP contribution is -2.55. The van der Waals surface area contributed by atoms with Crippen molar-refractivity contribution in [1.82, 2.24) is 4.90 Å². The van der Waals surface area contributed by atoms with E-state index in [1.54, 1.807) is 0 Å². The molecule has 156 valence electrons. The lowest BCUT2D eigenvalue weighted by molar-refractivity contribution is -0.174. The van der Waals surface area contributed by atoms with E-state index in [2.05, 4.69) is 0 Å². The Labute approximate surface area is 161 Å². The summed E-state index contributed by atoms with van der Waals surface area (Å²) in [5.41, 5.74) is 2.54. The number of hydrogen-bond acceptors (Lipinski definition) is 8. The summed E-state index contributed by atoms with van der Waals surface area (Å²) in [5.74, 6) is -5.21. The predicted molar refractivity (Wildman–Crippen MR) is 94.4 cm³/mol. The Morgan fingerprint density at radius 1 is 1.29 bits per heavy atom. The summed E-state index contributed by atoms with van der Waals surface area (Å²) in [6.45, 7) is 3.33. The van der Waals surface area contributed by atoms with Gasteiger partial charge in [0.15, 0.2) is 5.60 Å². The van der Waals surface area contributed by atoms with Crippen molar-refractivity contribution in [3.8, 4) is 0 Å². The minimum absolute atomic E-state index is 0.110. The van der Waals surface area contributed by atoms with Crippen molar-refractivity contribution in [2.75, 3.05) is 19.6 Å². The summed E-state index contributed by atoms with van der Waals surface area (Å²) in [7, 11) is -1.21. The highest BCUT2D eigenvalue weighted by Gasteiger charge is 2.52. The van der Waals surface area contributed by atoms with Crippen LogP contribution in [0.15, 0.2) is 0 Å². The van der Waals surface area contributed by atoms with Crippen molar-refractivity contribution < 1.29 is 43.8 Å². The average molecular weight is 400 g/mol. The fraction of sp³-hybridized carbons (Fsp3) is 0.750. The molecule has 0 bridgehead atoms. The molecule has 28 heavy (non-hydrogen) atoms. The molecule has 2 saturated heterocycles. The number of likely N-dealkylation sites (tertiary alicyclic amines) is 1. The fourth-order valence-corrected chi connectivity index (χ4v) is 3.81. The number of carbonyl (C=O) groups excluding carboxylic acids is 1. The van der Waals surface area contributed by atoms with Crippen molar-refractivity contribution in [3.63, 3.8) is 0 Å². The Hall–Kier alpha value is -2.18. The molecule has 5 N–H and O–H groups in total. The SMILES string of the molecule is CCN1CC(CCCB2OC(=O)CC(CC(=O)O)(C(=O)O)O2)C(N)(C(=O)O)C1. The standard InChI is InChI=1S/C16H25BN2O9/c1-2-19-8-10(16(18,9-19)14(25)26)4-3-5-17-27-12(22)7-15(28-17,13(23)24)6-11(20)21/h10H,2-9,18H2,1H3,(H,20,21)(H,23,24)(H,25,26). The number of hydrogen-bond donors (Lipinski definition) is 4. The van der Waals surface area contributed by atoms with Crippen molar-refractivity contribution in [2.24, 2.45) is 11.7 Å². The summed E-state index contributed by atoms with van der Waals surface area (Å²) >= 11 is 0. The molecule has 0 aliphatic carbocycles. The molecule has 2 heterocycles. The van der Waals surface area contributed by atoms with Crippen molar-refractivity contribution in [3.05, 3.63) is 0 Å². The highest BCUT2D eigenvalue weighted by molar-refractivity contribution is 6.48. The summed E-state index contributed by atoms with van der Waals surface area (Å²) in [6.07, 6.45) is -0.666. The molecule has 0 amide bonds. The monoisotopic (exact) mass is 400 g/mol. The first-order chi connectivity index (χ1) is 13.0. The first-order valence-electron chi connectivity index (χ1n) is 9.09. The van der Waals surface area contributed by atoms with Crippen LogP contribution in [0.25, 0.3) is 0 Å². The van der Waals surface area contributed by atoms with Gasteiger partial charge in [0.05, 0.1) is 12.8 Å². The molecule has 0 saturated carbocycles. The fourth-order valence-electron chi connectivity index (χ4n) is 3.81. The first-order valence-corrected chi connectivity index (χ1v) is 9.09. The van der Waals surface area contributed by atoms with E-state index < -0.39 is 55.0 Å². The van der Waals surface area contributed by atoms with Gasteiger partial charge in [0.2, 0.25) is 0 Å². The number of carboxylic acid groups (broad SMARTS) is 3. The van der Waals surface area contributed by atoms with Gasteiger partial charge < -0.3 is 35.3 Å². The van der Waals surface area contributed by atoms with Crippen LogP contribution < -0.4 is 5.73 Å². The largest absolute Gasteiger partial charge is 0.528 e. The average Bonchev–Trinajstić information content (AvgIpc) is 2.91. The molecule has 12 heteroatoms. The van der Waals surface area contributed by atoms with Crippen LogP contribution in [0.5, 0.6) is 0 Å². The van der Waals surface area contributed by atoms with Crippen LogP contribution in [-0.2, 0) is 28.5 Å². The van der Waals surface area contributed by atoms with E-state index in [-0.39, 0.29) is 18.8 Å². The van der Waals surface area contributed by atoms with Crippen LogP contribution in [0, 0.1) is 5.92 Å². The number of nitrogens with zero attached hydrogens (tertiary/aromatic N) is 1. The third kappa shape index (κ3) is 4.62. The van der Waals surface area contributed by atoms with Gasteiger partial charge in [0, 0.05) is 19.0 Å². The molecule has 2 aliphatic rings. The Balaban J connectivity index is 2.00. The van der Waals surface area contributed by atoms with E-state index in [1.807, 2.05) is 11.8 Å². The van der Waals surface area contributed by atoms with Crippen LogP contribution in [0.3, 0.4) is 0 Å². The Bertz CT molecular complexity index is 656. The third-order valence-electron chi connectivity index (χ3n) is 5.41. The summed E-state index contributed by atoms with van der Waals surface area (Å²) in [5, 5.41) is 27.8. The number of carbonyl (C=O) groups is 4. The van der Waals surface area contributed by atoms with E-state index >= 15 is 0 Å². The predicted octanol–water partition coefficient (Wildman–Crippen LogP) is -0.750. The van der Waals surface area contributed by atoms with Crippen LogP contribution >= 0.6 is 0 Å². The molecule has 2 rings (SSSR count). The molecular weight excluding hydrogens is 375 g/mol. The molecule has 0 radical (unpaired) electrons. The minimum Gasteiger partial charge on any atom is -0.509 e. The zero-order chi connectivity index (χ0) is 21.1. The van der Waals surface area contributed by atoms with Gasteiger partial charge in [-0.05, 0) is 19.3 Å². The second-order valence-corrected chi connectivity index (χ2v) is 7.39. The minimum atomic E-state index is -2.17. The molecule has 0 aromatic rings. The van der Waals surface area contributed by atoms with E-state index in [0.29, 0.717) is 25.9 Å². The first kappa shape index (κ1) is 22.1. The number of aliphatic carboxylic acids is 3. The molecule has 2 aliphatic heterocycles. The highest BCUT2D eigenvalue weighted by Crippen LogP contribution is 2.33. The maximum Gasteiger partial charge on any atom is 0.528 e. The second kappa shape index (κ2) is 8.45. The molecule has 0 aromatic heterocycles. The zero-order valence-electron chi connectivity index (χ0n) is 15.6. The number of rotatable bonds is 9. The maximum atomic E-state index is 11.8. The number of carboxylic acids is 3. The molecule has 3 unspecified atom stereocenters. The maximum absolute atomic E-state index is 11.8. The molecule has 0 aromatic carbocycles. The summed E-state index contributed by atoms with van der Waals surface area (Å²) in [4.78, 5) is 47.9. The van der Waals surface area contributed by atoms with Gasteiger partial charge >= 0.3 is 25.0 Å². The van der Waals surface area contributed by atoms with Crippen molar-refractivity contribution >= 4 is 31.0 Å². The summed E-state index contributed by atoms with van der Waals surface area (Å²) < 4.78 is 10.3. The highest BCUT2D eigenvalue weighted by atomic mass is 16.6. The molecule has 11 nitrogen and oxygen atoms in total. The van der Waals surface area contributed by atoms with Gasteiger partial charge in [-0.15, -0.1) is 0 Å². The van der Waals surface area contributed by atoms with Crippen LogP contribution in [0.4, 0.5) is 0 Å². The van der Waals surface area contributed by atoms with E-state index in [1.165, 1.54) is 0 Å². The zero-order valence-corrected chi connectivity index (χ0v) is 15.6. The Morgan fingerprint density at radius 2 is 1.96 bits per heavy atom. The van der Waals surface area contributed by atoms with Crippen LogP contribution in [0.2, 0.25) is 6.32 Å². The van der Waals surface area contributed by atoms with Crippen LogP contribution in [-0.4, -0.2) is 82.0 Å².